The molecular weight excluding hydrogens is 253 g/mol. The van der Waals surface area contributed by atoms with Crippen molar-refractivity contribution in [1.29, 1.82) is 0 Å². The number of carbonyl (C=O) groups excluding carboxylic acids is 1. The number of halogens is 1. The van der Waals surface area contributed by atoms with Gasteiger partial charge in [-0.2, -0.15) is 0 Å². The number of fused-ring (bicyclic) bond motifs is 1. The minimum atomic E-state index is -0.785. The van der Waals surface area contributed by atoms with E-state index in [-0.39, 0.29) is 17.3 Å². The van der Waals surface area contributed by atoms with E-state index in [9.17, 15) is 19.3 Å². The molecule has 1 aliphatic heterocycles. The molecule has 2 N–H and O–H groups in total. The highest BCUT2D eigenvalue weighted by Gasteiger charge is 2.36. The lowest BCUT2D eigenvalue weighted by Crippen LogP contribution is -2.34. The highest BCUT2D eigenvalue weighted by Crippen LogP contribution is 2.38. The van der Waals surface area contributed by atoms with Crippen LogP contribution in [0.4, 0.5) is 15.8 Å². The molecule has 0 spiro atoms. The second-order valence-corrected chi connectivity index (χ2v) is 4.90. The van der Waals surface area contributed by atoms with Gasteiger partial charge in [-0.15, -0.1) is 0 Å². The molecule has 19 heavy (non-hydrogen) atoms. The predicted octanol–water partition coefficient (Wildman–Crippen LogP) is 1.67. The molecule has 0 saturated heterocycles. The Kier molecular flexibility index (Phi) is 2.62. The van der Waals surface area contributed by atoms with Crippen LogP contribution in [0.1, 0.15) is 23.2 Å². The zero-order valence-corrected chi connectivity index (χ0v) is 9.98. The minimum Gasteiger partial charge on any atom is -0.374 e. The molecule has 1 atom stereocenters. The Morgan fingerprint density at radius 3 is 2.74 bits per heavy atom. The number of nitro groups is 1. The van der Waals surface area contributed by atoms with Gasteiger partial charge in [0.05, 0.1) is 16.6 Å². The van der Waals surface area contributed by atoms with Crippen molar-refractivity contribution < 1.29 is 14.1 Å². The minimum absolute atomic E-state index is 0.00477. The Hall–Kier alpha value is -2.18. The van der Waals surface area contributed by atoms with Crippen LogP contribution in [0.25, 0.3) is 0 Å². The number of nitrogens with zero attached hydrogens (tertiary/aromatic N) is 1. The fourth-order valence-electron chi connectivity index (χ4n) is 2.38. The maximum atomic E-state index is 13.4. The van der Waals surface area contributed by atoms with E-state index in [2.05, 4.69) is 10.6 Å². The molecule has 1 unspecified atom stereocenters. The lowest BCUT2D eigenvalue weighted by atomic mass is 10.1. The van der Waals surface area contributed by atoms with Gasteiger partial charge in [-0.1, -0.05) is 0 Å². The molecule has 1 heterocycles. The summed E-state index contributed by atoms with van der Waals surface area (Å²) in [5, 5.41) is 16.7. The highest BCUT2D eigenvalue weighted by atomic mass is 19.1. The van der Waals surface area contributed by atoms with Gasteiger partial charge < -0.3 is 10.6 Å². The van der Waals surface area contributed by atoms with Crippen LogP contribution in [-0.2, 0) is 0 Å². The average Bonchev–Trinajstić information content (AvgIpc) is 3.17. The molecule has 100 valence electrons. The summed E-state index contributed by atoms with van der Waals surface area (Å²) in [5.74, 6) is -0.851. The van der Waals surface area contributed by atoms with Crippen molar-refractivity contribution in [3.8, 4) is 0 Å². The SMILES string of the molecule is O=C1NCC(C2CC2)Nc2c1cc(F)cc2[N+](=O)[O-]. The molecule has 0 radical (unpaired) electrons. The number of carbonyl (C=O) groups is 1. The number of hydrogen-bond acceptors (Lipinski definition) is 4. The molecule has 1 saturated carbocycles. The molecule has 2 aliphatic rings. The summed E-state index contributed by atoms with van der Waals surface area (Å²) < 4.78 is 13.4. The molecule has 0 bridgehead atoms. The zero-order valence-electron chi connectivity index (χ0n) is 9.98. The lowest BCUT2D eigenvalue weighted by molar-refractivity contribution is -0.384. The molecule has 0 aromatic heterocycles. The quantitative estimate of drug-likeness (QED) is 0.629. The van der Waals surface area contributed by atoms with Crippen molar-refractivity contribution >= 4 is 17.3 Å². The van der Waals surface area contributed by atoms with E-state index in [1.165, 1.54) is 0 Å². The van der Waals surface area contributed by atoms with Crippen LogP contribution in [0.2, 0.25) is 0 Å². The van der Waals surface area contributed by atoms with Crippen molar-refractivity contribution in [2.75, 3.05) is 11.9 Å². The van der Waals surface area contributed by atoms with Crippen molar-refractivity contribution in [3.05, 3.63) is 33.6 Å². The summed E-state index contributed by atoms with van der Waals surface area (Å²) in [6.45, 7) is 0.400. The van der Waals surface area contributed by atoms with Crippen molar-refractivity contribution in [1.82, 2.24) is 5.32 Å². The number of amides is 1. The smallest absolute Gasteiger partial charge is 0.296 e. The van der Waals surface area contributed by atoms with Gasteiger partial charge in [0.2, 0.25) is 0 Å². The zero-order chi connectivity index (χ0) is 13.6. The molecule has 1 aromatic carbocycles. The Morgan fingerprint density at radius 2 is 2.11 bits per heavy atom. The van der Waals surface area contributed by atoms with Crippen LogP contribution in [-0.4, -0.2) is 23.4 Å². The first-order valence-electron chi connectivity index (χ1n) is 6.09. The third-order valence-electron chi connectivity index (χ3n) is 3.53. The normalized spacial score (nSPS) is 21.9. The number of hydrogen-bond donors (Lipinski definition) is 2. The second-order valence-electron chi connectivity index (χ2n) is 4.90. The first-order valence-corrected chi connectivity index (χ1v) is 6.09. The molecule has 1 aliphatic carbocycles. The summed E-state index contributed by atoms with van der Waals surface area (Å²) in [4.78, 5) is 22.2. The van der Waals surface area contributed by atoms with Gasteiger partial charge >= 0.3 is 0 Å². The molecule has 1 fully saturated rings. The van der Waals surface area contributed by atoms with E-state index >= 15 is 0 Å². The highest BCUT2D eigenvalue weighted by molar-refractivity contribution is 6.02. The fourth-order valence-corrected chi connectivity index (χ4v) is 2.38. The summed E-state index contributed by atoms with van der Waals surface area (Å²) in [7, 11) is 0. The van der Waals surface area contributed by atoms with Gasteiger partial charge in [-0.25, -0.2) is 4.39 Å². The molecule has 3 rings (SSSR count). The van der Waals surface area contributed by atoms with Gasteiger partial charge in [0.1, 0.15) is 11.5 Å². The molecular formula is C12H12FN3O3. The van der Waals surface area contributed by atoms with E-state index in [1.54, 1.807) is 0 Å². The van der Waals surface area contributed by atoms with Crippen molar-refractivity contribution in [2.24, 2.45) is 5.92 Å². The predicted molar refractivity (Wildman–Crippen MR) is 65.5 cm³/mol. The van der Waals surface area contributed by atoms with Gasteiger partial charge in [-0.3, -0.25) is 14.9 Å². The number of benzene rings is 1. The van der Waals surface area contributed by atoms with Crippen molar-refractivity contribution in [3.63, 3.8) is 0 Å². The topological polar surface area (TPSA) is 84.3 Å². The third-order valence-corrected chi connectivity index (χ3v) is 3.53. The van der Waals surface area contributed by atoms with Gasteiger partial charge in [0.15, 0.2) is 0 Å². The van der Waals surface area contributed by atoms with E-state index in [0.717, 1.165) is 25.0 Å². The molecule has 7 heteroatoms. The number of nitro benzene ring substituents is 1. The van der Waals surface area contributed by atoms with E-state index in [4.69, 9.17) is 0 Å². The monoisotopic (exact) mass is 265 g/mol. The average molecular weight is 265 g/mol. The van der Waals surface area contributed by atoms with Crippen LogP contribution < -0.4 is 10.6 Å². The maximum absolute atomic E-state index is 13.4. The number of nitrogens with one attached hydrogen (secondary N) is 2. The third kappa shape index (κ3) is 2.11. The Labute approximate surface area is 108 Å². The van der Waals surface area contributed by atoms with E-state index < -0.39 is 22.3 Å². The largest absolute Gasteiger partial charge is 0.374 e. The standard InChI is InChI=1S/C12H12FN3O3/c13-7-3-8-11(10(4-7)16(18)19)15-9(6-1-2-6)5-14-12(8)17/h3-4,6,9,15H,1-2,5H2,(H,14,17). The summed E-state index contributed by atoms with van der Waals surface area (Å²) in [5.41, 5.74) is -0.272. The lowest BCUT2D eigenvalue weighted by Gasteiger charge is -2.16. The second kappa shape index (κ2) is 4.18. The van der Waals surface area contributed by atoms with Crippen LogP contribution in [0.5, 0.6) is 0 Å². The molecule has 6 nitrogen and oxygen atoms in total. The first kappa shape index (κ1) is 11.9. The van der Waals surface area contributed by atoms with Gasteiger partial charge in [0.25, 0.3) is 11.6 Å². The van der Waals surface area contributed by atoms with E-state index in [1.807, 2.05) is 0 Å². The fraction of sp³-hybridized carbons (Fsp3) is 0.417. The van der Waals surface area contributed by atoms with Crippen LogP contribution in [0, 0.1) is 21.8 Å². The Bertz CT molecular complexity index is 572. The van der Waals surface area contributed by atoms with Crippen LogP contribution in [0.15, 0.2) is 12.1 Å². The van der Waals surface area contributed by atoms with Gasteiger partial charge in [-0.05, 0) is 24.8 Å². The van der Waals surface area contributed by atoms with Crippen molar-refractivity contribution in [2.45, 2.75) is 18.9 Å². The summed E-state index contributed by atoms with van der Waals surface area (Å²) >= 11 is 0. The molecule has 1 amide bonds. The number of anilines is 1. The van der Waals surface area contributed by atoms with Crippen LogP contribution in [0.3, 0.4) is 0 Å². The number of rotatable bonds is 2. The Morgan fingerprint density at radius 1 is 1.37 bits per heavy atom. The summed E-state index contributed by atoms with van der Waals surface area (Å²) in [6.07, 6.45) is 2.08. The summed E-state index contributed by atoms with van der Waals surface area (Å²) in [6, 6.07) is 1.84. The maximum Gasteiger partial charge on any atom is 0.296 e. The first-order chi connectivity index (χ1) is 9.06. The van der Waals surface area contributed by atoms with E-state index in [0.29, 0.717) is 12.5 Å². The Balaban J connectivity index is 2.10. The van der Waals surface area contributed by atoms with Crippen LogP contribution >= 0.6 is 0 Å². The molecule has 1 aromatic rings. The van der Waals surface area contributed by atoms with Gasteiger partial charge in [0, 0.05) is 12.6 Å².